The number of nitrogens with one attached hydrogen (secondary N) is 1. The molecule has 3 aromatic carbocycles. The van der Waals surface area contributed by atoms with Crippen molar-refractivity contribution in [3.63, 3.8) is 0 Å². The minimum absolute atomic E-state index is 0.288. The number of nitrogens with zero attached hydrogens (tertiary/aromatic N) is 2. The van der Waals surface area contributed by atoms with E-state index in [1.54, 1.807) is 7.11 Å². The number of carbonyl (C=O) groups is 1. The molecule has 0 saturated heterocycles. The van der Waals surface area contributed by atoms with Crippen LogP contribution >= 0.6 is 0 Å². The minimum Gasteiger partial charge on any atom is -0.497 e. The van der Waals surface area contributed by atoms with Gasteiger partial charge in [-0.1, -0.05) is 42.0 Å². The zero-order valence-corrected chi connectivity index (χ0v) is 18.8. The molecule has 0 radical (unpaired) electrons. The highest BCUT2D eigenvalue weighted by Gasteiger charge is 2.36. The Bertz CT molecular complexity index is 1350. The van der Waals surface area contributed by atoms with Gasteiger partial charge in [-0.25, -0.2) is 9.78 Å². The molecule has 1 aliphatic heterocycles. The molecule has 2 heterocycles. The van der Waals surface area contributed by atoms with E-state index < -0.39 is 6.04 Å². The number of benzene rings is 3. The minimum atomic E-state index is -0.398. The number of esters is 1. The van der Waals surface area contributed by atoms with Crippen LogP contribution in [-0.2, 0) is 9.53 Å². The number of ether oxygens (including phenoxy) is 2. The van der Waals surface area contributed by atoms with Crippen LogP contribution in [0, 0.1) is 6.92 Å². The largest absolute Gasteiger partial charge is 0.497 e. The van der Waals surface area contributed by atoms with Crippen LogP contribution in [0.5, 0.6) is 5.75 Å². The third-order valence-corrected chi connectivity index (χ3v) is 5.90. The normalized spacial score (nSPS) is 15.2. The Kier molecular flexibility index (Phi) is 5.34. The van der Waals surface area contributed by atoms with Gasteiger partial charge in [0.1, 0.15) is 5.75 Å². The Morgan fingerprint density at radius 1 is 1.03 bits per heavy atom. The molecule has 0 aliphatic carbocycles. The fraction of sp³-hybridized carbons (Fsp3) is 0.185. The highest BCUT2D eigenvalue weighted by Crippen LogP contribution is 2.42. The van der Waals surface area contributed by atoms with Crippen molar-refractivity contribution in [2.24, 2.45) is 0 Å². The average molecular weight is 440 g/mol. The first-order valence-electron chi connectivity index (χ1n) is 11.0. The number of imidazole rings is 1. The number of aromatic nitrogens is 2. The summed E-state index contributed by atoms with van der Waals surface area (Å²) in [7, 11) is 1.63. The van der Waals surface area contributed by atoms with Crippen molar-refractivity contribution in [1.29, 1.82) is 0 Å². The summed E-state index contributed by atoms with van der Waals surface area (Å²) in [6, 6.07) is 23.4. The highest BCUT2D eigenvalue weighted by atomic mass is 16.5. The number of hydrogen-bond acceptors (Lipinski definition) is 5. The third kappa shape index (κ3) is 3.63. The maximum Gasteiger partial charge on any atom is 0.338 e. The van der Waals surface area contributed by atoms with E-state index in [-0.39, 0.29) is 12.6 Å². The number of rotatable bonds is 5. The van der Waals surface area contributed by atoms with Crippen LogP contribution in [0.2, 0.25) is 0 Å². The molecule has 0 amide bonds. The van der Waals surface area contributed by atoms with Crippen LogP contribution in [0.15, 0.2) is 78.4 Å². The molecule has 4 aromatic rings. The number of methoxy groups -OCH3 is 1. The van der Waals surface area contributed by atoms with E-state index in [1.807, 2.05) is 55.5 Å². The molecule has 0 bridgehead atoms. The fourth-order valence-corrected chi connectivity index (χ4v) is 4.31. The second-order valence-electron chi connectivity index (χ2n) is 7.97. The van der Waals surface area contributed by atoms with Gasteiger partial charge in [0.05, 0.1) is 42.1 Å². The first-order valence-corrected chi connectivity index (χ1v) is 11.0. The number of para-hydroxylation sites is 2. The number of carbonyl (C=O) groups excluding carboxylic acids is 1. The third-order valence-electron chi connectivity index (χ3n) is 5.90. The lowest BCUT2D eigenvalue weighted by atomic mass is 9.92. The lowest BCUT2D eigenvalue weighted by molar-refractivity contribution is -0.138. The SMILES string of the molecule is CCOC(=O)C1=C(c2ccc(OC)cc2)Nc2nc3ccccc3n2C1c1ccc(C)cc1. The molecular weight excluding hydrogens is 414 g/mol. The molecule has 1 aromatic heterocycles. The van der Waals surface area contributed by atoms with Gasteiger partial charge in [0.15, 0.2) is 0 Å². The van der Waals surface area contributed by atoms with Crippen molar-refractivity contribution in [2.45, 2.75) is 19.9 Å². The lowest BCUT2D eigenvalue weighted by Crippen LogP contribution is -2.29. The standard InChI is InChI=1S/C27H25N3O3/c1-4-33-26(31)23-24(18-13-15-20(32-3)16-14-18)29-27-28-21-7-5-6-8-22(21)30(27)25(23)19-11-9-17(2)10-12-19/h5-16,25H,4H2,1-3H3,(H,28,29). The fourth-order valence-electron chi connectivity index (χ4n) is 4.31. The van der Waals surface area contributed by atoms with E-state index >= 15 is 0 Å². The molecule has 33 heavy (non-hydrogen) atoms. The zero-order valence-electron chi connectivity index (χ0n) is 18.8. The van der Waals surface area contributed by atoms with Gasteiger partial charge in [-0.2, -0.15) is 0 Å². The predicted molar refractivity (Wildman–Crippen MR) is 129 cm³/mol. The lowest BCUT2D eigenvalue weighted by Gasteiger charge is -2.31. The molecule has 1 N–H and O–H groups in total. The summed E-state index contributed by atoms with van der Waals surface area (Å²) in [6.45, 7) is 4.16. The number of hydrogen-bond donors (Lipinski definition) is 1. The van der Waals surface area contributed by atoms with Gasteiger partial charge in [0.2, 0.25) is 5.95 Å². The average Bonchev–Trinajstić information content (AvgIpc) is 3.22. The Labute approximate surface area is 192 Å². The van der Waals surface area contributed by atoms with Crippen molar-refractivity contribution < 1.29 is 14.3 Å². The first-order chi connectivity index (χ1) is 16.1. The van der Waals surface area contributed by atoms with Crippen LogP contribution in [-0.4, -0.2) is 29.2 Å². The van der Waals surface area contributed by atoms with Crippen molar-refractivity contribution in [3.8, 4) is 5.75 Å². The quantitative estimate of drug-likeness (QED) is 0.425. The van der Waals surface area contributed by atoms with E-state index in [1.165, 1.54) is 0 Å². The number of fused-ring (bicyclic) bond motifs is 3. The Morgan fingerprint density at radius 2 is 1.76 bits per heavy atom. The molecule has 166 valence electrons. The summed E-state index contributed by atoms with van der Waals surface area (Å²) in [5, 5.41) is 3.43. The topological polar surface area (TPSA) is 65.4 Å². The molecule has 0 spiro atoms. The molecule has 1 atom stereocenters. The Morgan fingerprint density at radius 3 is 2.45 bits per heavy atom. The summed E-state index contributed by atoms with van der Waals surface area (Å²) in [5.74, 6) is 1.07. The van der Waals surface area contributed by atoms with Crippen LogP contribution < -0.4 is 10.1 Å². The Balaban J connectivity index is 1.80. The second kappa shape index (κ2) is 8.47. The van der Waals surface area contributed by atoms with Gasteiger partial charge >= 0.3 is 5.97 Å². The first kappa shape index (κ1) is 20.8. The molecular formula is C27H25N3O3. The van der Waals surface area contributed by atoms with Gasteiger partial charge in [-0.3, -0.25) is 4.57 Å². The van der Waals surface area contributed by atoms with E-state index in [0.717, 1.165) is 33.5 Å². The van der Waals surface area contributed by atoms with E-state index in [2.05, 4.69) is 41.1 Å². The maximum atomic E-state index is 13.4. The van der Waals surface area contributed by atoms with Crippen molar-refractivity contribution in [3.05, 3.63) is 95.1 Å². The van der Waals surface area contributed by atoms with Gasteiger partial charge in [0, 0.05) is 0 Å². The van der Waals surface area contributed by atoms with Crippen molar-refractivity contribution in [1.82, 2.24) is 9.55 Å². The van der Waals surface area contributed by atoms with Crippen LogP contribution in [0.4, 0.5) is 5.95 Å². The van der Waals surface area contributed by atoms with Crippen LogP contribution in [0.1, 0.15) is 29.7 Å². The molecule has 6 nitrogen and oxygen atoms in total. The second-order valence-corrected chi connectivity index (χ2v) is 7.97. The molecule has 0 fully saturated rings. The molecule has 1 unspecified atom stereocenters. The molecule has 5 rings (SSSR count). The van der Waals surface area contributed by atoms with Gasteiger partial charge in [-0.05, 0) is 61.4 Å². The van der Waals surface area contributed by atoms with E-state index in [4.69, 9.17) is 14.5 Å². The summed E-state index contributed by atoms with van der Waals surface area (Å²) < 4.78 is 13.0. The van der Waals surface area contributed by atoms with Gasteiger partial charge in [0.25, 0.3) is 0 Å². The maximum absolute atomic E-state index is 13.4. The molecule has 1 aliphatic rings. The smallest absolute Gasteiger partial charge is 0.338 e. The van der Waals surface area contributed by atoms with Crippen LogP contribution in [0.25, 0.3) is 16.7 Å². The monoisotopic (exact) mass is 439 g/mol. The van der Waals surface area contributed by atoms with E-state index in [9.17, 15) is 4.79 Å². The molecule has 6 heteroatoms. The summed E-state index contributed by atoms with van der Waals surface area (Å²) in [4.78, 5) is 18.3. The van der Waals surface area contributed by atoms with Crippen LogP contribution in [0.3, 0.4) is 0 Å². The zero-order chi connectivity index (χ0) is 22.9. The van der Waals surface area contributed by atoms with Crippen molar-refractivity contribution >= 4 is 28.6 Å². The van der Waals surface area contributed by atoms with Crippen molar-refractivity contribution in [2.75, 3.05) is 19.0 Å². The Hall–Kier alpha value is -4.06. The molecule has 0 saturated carbocycles. The highest BCUT2D eigenvalue weighted by molar-refractivity contribution is 6.03. The summed E-state index contributed by atoms with van der Waals surface area (Å²) >= 11 is 0. The predicted octanol–water partition coefficient (Wildman–Crippen LogP) is 5.34. The summed E-state index contributed by atoms with van der Waals surface area (Å²) in [5.41, 5.74) is 6.03. The van der Waals surface area contributed by atoms with Gasteiger partial charge in [-0.15, -0.1) is 0 Å². The van der Waals surface area contributed by atoms with E-state index in [0.29, 0.717) is 17.2 Å². The van der Waals surface area contributed by atoms with Gasteiger partial charge < -0.3 is 14.8 Å². The number of aryl methyl sites for hydroxylation is 1. The number of anilines is 1. The summed E-state index contributed by atoms with van der Waals surface area (Å²) in [6.07, 6.45) is 0.